The molecule has 0 aliphatic heterocycles. The molecular formula is C11H19N3O2S. The van der Waals surface area contributed by atoms with E-state index < -0.39 is 0 Å². The third-order valence-corrected chi connectivity index (χ3v) is 3.20. The van der Waals surface area contributed by atoms with Crippen LogP contribution in [0, 0.1) is 0 Å². The molecule has 1 amide bonds. The van der Waals surface area contributed by atoms with Gasteiger partial charge in [0.05, 0.1) is 6.61 Å². The molecule has 2 N–H and O–H groups in total. The fraction of sp³-hybridized carbons (Fsp3) is 0.636. The van der Waals surface area contributed by atoms with Gasteiger partial charge in [-0.15, -0.1) is 11.3 Å². The lowest BCUT2D eigenvalue weighted by Gasteiger charge is -2.19. The number of rotatable bonds is 7. The lowest BCUT2D eigenvalue weighted by Crippen LogP contribution is -2.34. The van der Waals surface area contributed by atoms with E-state index in [-0.39, 0.29) is 5.91 Å². The van der Waals surface area contributed by atoms with E-state index >= 15 is 0 Å². The summed E-state index contributed by atoms with van der Waals surface area (Å²) in [7, 11) is 0. The van der Waals surface area contributed by atoms with Gasteiger partial charge in [0.2, 0.25) is 0 Å². The Morgan fingerprint density at radius 3 is 2.88 bits per heavy atom. The largest absolute Gasteiger partial charge is 0.380 e. The summed E-state index contributed by atoms with van der Waals surface area (Å²) in [6.45, 7) is 6.74. The van der Waals surface area contributed by atoms with Crippen LogP contribution < -0.4 is 5.73 Å². The normalized spacial score (nSPS) is 10.5. The molecule has 0 aliphatic carbocycles. The van der Waals surface area contributed by atoms with E-state index in [1.54, 1.807) is 10.3 Å². The van der Waals surface area contributed by atoms with Crippen molar-refractivity contribution in [2.75, 3.05) is 26.3 Å². The Hall–Kier alpha value is -0.980. The van der Waals surface area contributed by atoms with Crippen LogP contribution in [0.25, 0.3) is 0 Å². The van der Waals surface area contributed by atoms with E-state index in [1.165, 1.54) is 11.3 Å². The quantitative estimate of drug-likeness (QED) is 0.743. The number of likely N-dealkylation sites (N-methyl/N-ethyl adjacent to an activating group) is 1. The summed E-state index contributed by atoms with van der Waals surface area (Å²) >= 11 is 1.42. The van der Waals surface area contributed by atoms with Gasteiger partial charge in [0.15, 0.2) is 0 Å². The second kappa shape index (κ2) is 7.37. The highest BCUT2D eigenvalue weighted by Crippen LogP contribution is 2.11. The second-order valence-corrected chi connectivity index (χ2v) is 4.36. The number of nitrogens with two attached hydrogens (primary N) is 1. The number of aromatic nitrogens is 1. The average molecular weight is 257 g/mol. The molecule has 0 unspecified atom stereocenters. The van der Waals surface area contributed by atoms with E-state index in [0.717, 1.165) is 5.01 Å². The van der Waals surface area contributed by atoms with Gasteiger partial charge in [-0.2, -0.15) is 0 Å². The lowest BCUT2D eigenvalue weighted by molar-refractivity contribution is 0.0664. The standard InChI is InChI=1S/C11H19N3O2S/c1-3-14(5-6-16-4-2)11(15)9-8-17-10(7-12)13-9/h8H,3-7,12H2,1-2H3. The van der Waals surface area contributed by atoms with Crippen molar-refractivity contribution in [2.24, 2.45) is 5.73 Å². The van der Waals surface area contributed by atoms with Gasteiger partial charge in [-0.1, -0.05) is 0 Å². The molecule has 0 saturated heterocycles. The molecule has 1 aromatic rings. The maximum absolute atomic E-state index is 12.1. The molecular weight excluding hydrogens is 238 g/mol. The number of thiazole rings is 1. The van der Waals surface area contributed by atoms with Crippen molar-refractivity contribution in [1.82, 2.24) is 9.88 Å². The monoisotopic (exact) mass is 257 g/mol. The van der Waals surface area contributed by atoms with Crippen molar-refractivity contribution in [1.29, 1.82) is 0 Å². The van der Waals surface area contributed by atoms with E-state index in [0.29, 0.717) is 38.5 Å². The van der Waals surface area contributed by atoms with Gasteiger partial charge in [-0.3, -0.25) is 4.79 Å². The first-order valence-electron chi connectivity index (χ1n) is 5.74. The molecule has 0 atom stereocenters. The van der Waals surface area contributed by atoms with Crippen LogP contribution in [0.2, 0.25) is 0 Å². The van der Waals surface area contributed by atoms with Crippen molar-refractivity contribution in [3.05, 3.63) is 16.1 Å². The Bertz CT molecular complexity index is 354. The zero-order valence-corrected chi connectivity index (χ0v) is 11.1. The van der Waals surface area contributed by atoms with Crippen LogP contribution in [-0.4, -0.2) is 42.1 Å². The Labute approximate surface area is 106 Å². The third-order valence-electron chi connectivity index (χ3n) is 2.32. The fourth-order valence-corrected chi connectivity index (χ4v) is 2.04. The van der Waals surface area contributed by atoms with Gasteiger partial charge in [0.1, 0.15) is 10.7 Å². The predicted molar refractivity (Wildman–Crippen MR) is 68.1 cm³/mol. The summed E-state index contributed by atoms with van der Waals surface area (Å²) in [4.78, 5) is 18.0. The Morgan fingerprint density at radius 1 is 1.59 bits per heavy atom. The number of nitrogens with zero attached hydrogens (tertiary/aromatic N) is 2. The molecule has 17 heavy (non-hydrogen) atoms. The molecule has 0 spiro atoms. The fourth-order valence-electron chi connectivity index (χ4n) is 1.39. The molecule has 0 saturated carbocycles. The third kappa shape index (κ3) is 4.07. The first-order chi connectivity index (χ1) is 8.22. The van der Waals surface area contributed by atoms with Crippen molar-refractivity contribution in [3.8, 4) is 0 Å². The summed E-state index contributed by atoms with van der Waals surface area (Å²) in [6.07, 6.45) is 0. The molecule has 0 aromatic carbocycles. The molecule has 6 heteroatoms. The predicted octanol–water partition coefficient (Wildman–Crippen LogP) is 1.10. The average Bonchev–Trinajstić information content (AvgIpc) is 2.82. The molecule has 1 rings (SSSR count). The highest BCUT2D eigenvalue weighted by atomic mass is 32.1. The Balaban J connectivity index is 2.58. The minimum atomic E-state index is -0.0526. The van der Waals surface area contributed by atoms with Crippen LogP contribution in [0.5, 0.6) is 0 Å². The zero-order valence-electron chi connectivity index (χ0n) is 10.3. The van der Waals surface area contributed by atoms with Crippen LogP contribution in [-0.2, 0) is 11.3 Å². The SMILES string of the molecule is CCOCCN(CC)C(=O)c1csc(CN)n1. The van der Waals surface area contributed by atoms with Crippen LogP contribution in [0.4, 0.5) is 0 Å². The molecule has 0 radical (unpaired) electrons. The van der Waals surface area contributed by atoms with Crippen molar-refractivity contribution >= 4 is 17.2 Å². The van der Waals surface area contributed by atoms with Gasteiger partial charge in [0, 0.05) is 31.6 Å². The van der Waals surface area contributed by atoms with Crippen LogP contribution >= 0.6 is 11.3 Å². The number of carbonyl (C=O) groups excluding carboxylic acids is 1. The van der Waals surface area contributed by atoms with Crippen LogP contribution in [0.3, 0.4) is 0 Å². The highest BCUT2D eigenvalue weighted by Gasteiger charge is 2.16. The van der Waals surface area contributed by atoms with Crippen LogP contribution in [0.1, 0.15) is 29.3 Å². The zero-order chi connectivity index (χ0) is 12.7. The molecule has 0 bridgehead atoms. The molecule has 1 heterocycles. The summed E-state index contributed by atoms with van der Waals surface area (Å²) in [6, 6.07) is 0. The molecule has 5 nitrogen and oxygen atoms in total. The maximum atomic E-state index is 12.1. The van der Waals surface area contributed by atoms with E-state index in [9.17, 15) is 4.79 Å². The number of hydrogen-bond acceptors (Lipinski definition) is 5. The van der Waals surface area contributed by atoms with Gasteiger partial charge >= 0.3 is 0 Å². The number of hydrogen-bond donors (Lipinski definition) is 1. The Morgan fingerprint density at radius 2 is 2.35 bits per heavy atom. The second-order valence-electron chi connectivity index (χ2n) is 3.41. The van der Waals surface area contributed by atoms with Gasteiger partial charge < -0.3 is 15.4 Å². The molecule has 1 aromatic heterocycles. The number of carbonyl (C=O) groups is 1. The van der Waals surface area contributed by atoms with Gasteiger partial charge in [-0.25, -0.2) is 4.98 Å². The number of ether oxygens (including phenoxy) is 1. The first-order valence-corrected chi connectivity index (χ1v) is 6.62. The number of amides is 1. The summed E-state index contributed by atoms with van der Waals surface area (Å²) in [5.41, 5.74) is 5.95. The van der Waals surface area contributed by atoms with E-state index in [1.807, 2.05) is 13.8 Å². The highest BCUT2D eigenvalue weighted by molar-refractivity contribution is 7.09. The summed E-state index contributed by atoms with van der Waals surface area (Å²) in [5.74, 6) is -0.0526. The van der Waals surface area contributed by atoms with Crippen molar-refractivity contribution < 1.29 is 9.53 Å². The first kappa shape index (κ1) is 14.1. The van der Waals surface area contributed by atoms with Gasteiger partial charge in [0.25, 0.3) is 5.91 Å². The smallest absolute Gasteiger partial charge is 0.273 e. The molecule has 96 valence electrons. The minimum Gasteiger partial charge on any atom is -0.380 e. The maximum Gasteiger partial charge on any atom is 0.273 e. The van der Waals surface area contributed by atoms with Gasteiger partial charge in [-0.05, 0) is 13.8 Å². The molecule has 0 aliphatic rings. The van der Waals surface area contributed by atoms with E-state index in [4.69, 9.17) is 10.5 Å². The van der Waals surface area contributed by atoms with Crippen molar-refractivity contribution in [2.45, 2.75) is 20.4 Å². The summed E-state index contributed by atoms with van der Waals surface area (Å²) < 4.78 is 5.25. The topological polar surface area (TPSA) is 68.5 Å². The summed E-state index contributed by atoms with van der Waals surface area (Å²) in [5, 5.41) is 2.54. The molecule has 0 fully saturated rings. The van der Waals surface area contributed by atoms with E-state index in [2.05, 4.69) is 4.98 Å². The Kier molecular flexibility index (Phi) is 6.10. The minimum absolute atomic E-state index is 0.0526. The van der Waals surface area contributed by atoms with Crippen LogP contribution in [0.15, 0.2) is 5.38 Å². The van der Waals surface area contributed by atoms with Crippen molar-refractivity contribution in [3.63, 3.8) is 0 Å². The lowest BCUT2D eigenvalue weighted by atomic mass is 10.4.